The van der Waals surface area contributed by atoms with Crippen LogP contribution in [0.5, 0.6) is 0 Å². The Balaban J connectivity index is 1.60. The van der Waals surface area contributed by atoms with Crippen molar-refractivity contribution in [2.45, 2.75) is 44.6 Å². The van der Waals surface area contributed by atoms with E-state index in [1.54, 1.807) is 12.3 Å². The van der Waals surface area contributed by atoms with Gasteiger partial charge >= 0.3 is 0 Å². The van der Waals surface area contributed by atoms with E-state index in [1.165, 1.54) is 50.1 Å². The second-order valence-electron chi connectivity index (χ2n) is 6.08. The Morgan fingerprint density at radius 3 is 2.54 bits per heavy atom. The molecule has 0 radical (unpaired) electrons. The minimum atomic E-state index is -0.408. The van der Waals surface area contributed by atoms with E-state index in [9.17, 15) is 9.18 Å². The molecular formula is C18H21FN4O. The molecule has 0 atom stereocenters. The number of nitrogens with one attached hydrogen (secondary N) is 2. The van der Waals surface area contributed by atoms with E-state index < -0.39 is 11.7 Å². The summed E-state index contributed by atoms with van der Waals surface area (Å²) in [5, 5.41) is 6.00. The largest absolute Gasteiger partial charge is 0.366 e. The van der Waals surface area contributed by atoms with Gasteiger partial charge in [0.25, 0.3) is 5.91 Å². The van der Waals surface area contributed by atoms with Gasteiger partial charge in [-0.05, 0) is 31.0 Å². The van der Waals surface area contributed by atoms with Crippen molar-refractivity contribution in [2.24, 2.45) is 0 Å². The van der Waals surface area contributed by atoms with Crippen LogP contribution in [0.15, 0.2) is 36.7 Å². The minimum absolute atomic E-state index is 0.200. The van der Waals surface area contributed by atoms with Gasteiger partial charge < -0.3 is 10.6 Å². The summed E-state index contributed by atoms with van der Waals surface area (Å²) in [6.45, 7) is 0. The van der Waals surface area contributed by atoms with E-state index >= 15 is 0 Å². The molecule has 3 rings (SSSR count). The molecule has 0 aliphatic heterocycles. The predicted molar refractivity (Wildman–Crippen MR) is 91.5 cm³/mol. The molecule has 24 heavy (non-hydrogen) atoms. The van der Waals surface area contributed by atoms with E-state index in [-0.39, 0.29) is 5.69 Å². The van der Waals surface area contributed by atoms with Gasteiger partial charge in [-0.25, -0.2) is 14.4 Å². The molecule has 1 aliphatic carbocycles. The maximum Gasteiger partial charge on any atom is 0.275 e. The van der Waals surface area contributed by atoms with Crippen LogP contribution in [0, 0.1) is 5.82 Å². The fourth-order valence-corrected chi connectivity index (χ4v) is 2.91. The first-order valence-electron chi connectivity index (χ1n) is 8.36. The third-order valence-corrected chi connectivity index (χ3v) is 4.17. The molecule has 1 heterocycles. The zero-order valence-corrected chi connectivity index (χ0v) is 13.5. The number of hydrogen-bond donors (Lipinski definition) is 2. The molecule has 1 aliphatic rings. The van der Waals surface area contributed by atoms with Crippen molar-refractivity contribution in [3.63, 3.8) is 0 Å². The molecule has 0 spiro atoms. The van der Waals surface area contributed by atoms with Crippen LogP contribution in [0.4, 0.5) is 15.9 Å². The topological polar surface area (TPSA) is 66.9 Å². The SMILES string of the molecule is O=C(Nc1cccc(F)c1)c1cnc(NC2CCCCCC2)cn1. The molecule has 0 saturated heterocycles. The third kappa shape index (κ3) is 4.50. The van der Waals surface area contributed by atoms with Gasteiger partial charge in [0.2, 0.25) is 0 Å². The molecule has 6 heteroatoms. The van der Waals surface area contributed by atoms with E-state index in [4.69, 9.17) is 0 Å². The van der Waals surface area contributed by atoms with Gasteiger partial charge in [0.1, 0.15) is 17.3 Å². The molecule has 1 aromatic carbocycles. The Labute approximate surface area is 140 Å². The van der Waals surface area contributed by atoms with E-state index in [1.807, 2.05) is 0 Å². The van der Waals surface area contributed by atoms with Crippen molar-refractivity contribution in [3.8, 4) is 0 Å². The molecule has 1 saturated carbocycles. The highest BCUT2D eigenvalue weighted by Crippen LogP contribution is 2.20. The van der Waals surface area contributed by atoms with Crippen LogP contribution < -0.4 is 10.6 Å². The van der Waals surface area contributed by atoms with E-state index in [2.05, 4.69) is 20.6 Å². The first-order valence-corrected chi connectivity index (χ1v) is 8.36. The lowest BCUT2D eigenvalue weighted by Crippen LogP contribution is -2.20. The average molecular weight is 328 g/mol. The van der Waals surface area contributed by atoms with Gasteiger partial charge in [0.05, 0.1) is 12.4 Å². The van der Waals surface area contributed by atoms with Gasteiger partial charge in [-0.15, -0.1) is 0 Å². The Morgan fingerprint density at radius 2 is 1.88 bits per heavy atom. The molecule has 1 fully saturated rings. The summed E-state index contributed by atoms with van der Waals surface area (Å²) < 4.78 is 13.1. The Morgan fingerprint density at radius 1 is 1.08 bits per heavy atom. The molecule has 1 aromatic heterocycles. The lowest BCUT2D eigenvalue weighted by Gasteiger charge is -2.16. The molecule has 1 amide bonds. The number of halogens is 1. The van der Waals surface area contributed by atoms with Crippen molar-refractivity contribution in [1.82, 2.24) is 9.97 Å². The first-order chi connectivity index (χ1) is 11.7. The summed E-state index contributed by atoms with van der Waals surface area (Å²) in [4.78, 5) is 20.5. The lowest BCUT2D eigenvalue weighted by atomic mass is 10.1. The number of anilines is 2. The number of aromatic nitrogens is 2. The van der Waals surface area contributed by atoms with E-state index in [0.717, 1.165) is 12.8 Å². The Bertz CT molecular complexity index is 682. The number of nitrogens with zero attached hydrogens (tertiary/aromatic N) is 2. The second-order valence-corrected chi connectivity index (χ2v) is 6.08. The van der Waals surface area contributed by atoms with Crippen LogP contribution in [-0.2, 0) is 0 Å². The highest BCUT2D eigenvalue weighted by molar-refractivity contribution is 6.02. The van der Waals surface area contributed by atoms with Crippen LogP contribution in [0.1, 0.15) is 49.0 Å². The van der Waals surface area contributed by atoms with Crippen LogP contribution >= 0.6 is 0 Å². The molecule has 5 nitrogen and oxygen atoms in total. The third-order valence-electron chi connectivity index (χ3n) is 4.17. The zero-order valence-electron chi connectivity index (χ0n) is 13.5. The number of carbonyl (C=O) groups is 1. The summed E-state index contributed by atoms with van der Waals surface area (Å²) in [5.74, 6) is -0.125. The zero-order chi connectivity index (χ0) is 16.8. The van der Waals surface area contributed by atoms with Gasteiger partial charge in [0.15, 0.2) is 0 Å². The number of rotatable bonds is 4. The lowest BCUT2D eigenvalue weighted by molar-refractivity contribution is 0.102. The van der Waals surface area contributed by atoms with Gasteiger partial charge in [-0.2, -0.15) is 0 Å². The van der Waals surface area contributed by atoms with Crippen LogP contribution in [-0.4, -0.2) is 21.9 Å². The minimum Gasteiger partial charge on any atom is -0.366 e. The molecule has 2 N–H and O–H groups in total. The van der Waals surface area contributed by atoms with Gasteiger partial charge in [0, 0.05) is 11.7 Å². The highest BCUT2D eigenvalue weighted by atomic mass is 19.1. The Hall–Kier alpha value is -2.50. The van der Waals surface area contributed by atoms with Crippen molar-refractivity contribution in [2.75, 3.05) is 10.6 Å². The van der Waals surface area contributed by atoms with Crippen LogP contribution in [0.2, 0.25) is 0 Å². The maximum absolute atomic E-state index is 13.1. The smallest absolute Gasteiger partial charge is 0.275 e. The normalized spacial score (nSPS) is 15.5. The number of benzene rings is 1. The maximum atomic E-state index is 13.1. The number of hydrogen-bond acceptors (Lipinski definition) is 4. The average Bonchev–Trinajstić information content (AvgIpc) is 2.84. The van der Waals surface area contributed by atoms with E-state index in [0.29, 0.717) is 17.5 Å². The fraction of sp³-hybridized carbons (Fsp3) is 0.389. The van der Waals surface area contributed by atoms with Crippen molar-refractivity contribution < 1.29 is 9.18 Å². The summed E-state index contributed by atoms with van der Waals surface area (Å²) in [6.07, 6.45) is 10.4. The standard InChI is InChI=1S/C18H21FN4O/c19-13-6-5-9-15(10-13)23-18(24)16-11-21-17(12-20-16)22-14-7-3-1-2-4-8-14/h5-6,9-12,14H,1-4,7-8H2,(H,21,22)(H,23,24). The predicted octanol–water partition coefficient (Wildman–Crippen LogP) is 4.00. The monoisotopic (exact) mass is 328 g/mol. The summed E-state index contributed by atoms with van der Waals surface area (Å²) in [7, 11) is 0. The fourth-order valence-electron chi connectivity index (χ4n) is 2.91. The molecule has 0 unspecified atom stereocenters. The number of carbonyl (C=O) groups excluding carboxylic acids is 1. The quantitative estimate of drug-likeness (QED) is 0.833. The molecule has 126 valence electrons. The van der Waals surface area contributed by atoms with Gasteiger partial charge in [-0.1, -0.05) is 31.7 Å². The van der Waals surface area contributed by atoms with Crippen molar-refractivity contribution in [3.05, 3.63) is 48.2 Å². The number of amides is 1. The first kappa shape index (κ1) is 16.4. The Kier molecular flexibility index (Phi) is 5.36. The second kappa shape index (κ2) is 7.86. The van der Waals surface area contributed by atoms with Crippen LogP contribution in [0.25, 0.3) is 0 Å². The molecular weight excluding hydrogens is 307 g/mol. The molecule has 0 bridgehead atoms. The molecule has 2 aromatic rings. The van der Waals surface area contributed by atoms with Crippen molar-refractivity contribution in [1.29, 1.82) is 0 Å². The van der Waals surface area contributed by atoms with Gasteiger partial charge in [-0.3, -0.25) is 4.79 Å². The highest BCUT2D eigenvalue weighted by Gasteiger charge is 2.13. The summed E-state index contributed by atoms with van der Waals surface area (Å²) >= 11 is 0. The van der Waals surface area contributed by atoms with Crippen molar-refractivity contribution >= 4 is 17.4 Å². The summed E-state index contributed by atoms with van der Waals surface area (Å²) in [6, 6.07) is 6.16. The van der Waals surface area contributed by atoms with Crippen LogP contribution in [0.3, 0.4) is 0 Å². The summed E-state index contributed by atoms with van der Waals surface area (Å²) in [5.41, 5.74) is 0.591.